The molecular weight excluding hydrogens is 204 g/mol. The second-order valence-corrected chi connectivity index (χ2v) is 4.28. The van der Waals surface area contributed by atoms with E-state index in [1.807, 2.05) is 12.2 Å². The van der Waals surface area contributed by atoms with Gasteiger partial charge in [-0.2, -0.15) is 0 Å². The molecule has 4 heteroatoms. The molecule has 1 aliphatic rings. The Kier molecular flexibility index (Phi) is 5.93. The number of aliphatic hydroxyl groups is 1. The maximum atomic E-state index is 11.4. The van der Waals surface area contributed by atoms with E-state index in [1.165, 1.54) is 0 Å². The van der Waals surface area contributed by atoms with Gasteiger partial charge in [0.25, 0.3) is 0 Å². The molecule has 0 heterocycles. The number of urea groups is 1. The fourth-order valence-corrected chi connectivity index (χ4v) is 1.81. The van der Waals surface area contributed by atoms with Crippen LogP contribution in [0.4, 0.5) is 4.79 Å². The fraction of sp³-hybridized carbons (Fsp3) is 0.750. The van der Waals surface area contributed by atoms with Crippen LogP contribution < -0.4 is 10.6 Å². The van der Waals surface area contributed by atoms with Crippen molar-refractivity contribution in [3.8, 4) is 0 Å². The predicted molar refractivity (Wildman–Crippen MR) is 64.2 cm³/mol. The number of nitrogens with one attached hydrogen (secondary N) is 2. The molecule has 0 spiro atoms. The number of rotatable bonds is 6. The van der Waals surface area contributed by atoms with Crippen molar-refractivity contribution >= 4 is 6.03 Å². The average Bonchev–Trinajstić information content (AvgIpc) is 2.72. The van der Waals surface area contributed by atoms with Gasteiger partial charge < -0.3 is 15.7 Å². The Morgan fingerprint density at radius 2 is 2.25 bits per heavy atom. The summed E-state index contributed by atoms with van der Waals surface area (Å²) in [5, 5.41) is 14.6. The van der Waals surface area contributed by atoms with Crippen molar-refractivity contribution in [2.75, 3.05) is 13.2 Å². The van der Waals surface area contributed by atoms with Crippen molar-refractivity contribution < 1.29 is 9.90 Å². The van der Waals surface area contributed by atoms with Crippen molar-refractivity contribution in [3.05, 3.63) is 12.2 Å². The molecular formula is C12H22N2O2. The molecule has 0 fully saturated rings. The standard InChI is InChI=1S/C12H22N2O2/c1-2-3-4-7-13-12(16)14-11-6-5-10(8-11)9-15/h5-6,10-11,15H,2-4,7-9H2,1H3,(H2,13,14,16)/t10-,11+/m0/s1. The first-order valence-corrected chi connectivity index (χ1v) is 6.09. The summed E-state index contributed by atoms with van der Waals surface area (Å²) in [6.07, 6.45) is 8.06. The molecule has 0 saturated heterocycles. The summed E-state index contributed by atoms with van der Waals surface area (Å²) in [5.74, 6) is 0.199. The fourth-order valence-electron chi connectivity index (χ4n) is 1.81. The van der Waals surface area contributed by atoms with E-state index in [-0.39, 0.29) is 24.6 Å². The zero-order valence-corrected chi connectivity index (χ0v) is 9.91. The lowest BCUT2D eigenvalue weighted by molar-refractivity contribution is 0.231. The number of carbonyl (C=O) groups is 1. The average molecular weight is 226 g/mol. The van der Waals surface area contributed by atoms with Crippen molar-refractivity contribution in [3.63, 3.8) is 0 Å². The molecule has 92 valence electrons. The van der Waals surface area contributed by atoms with Gasteiger partial charge in [-0.25, -0.2) is 4.79 Å². The number of unbranched alkanes of at least 4 members (excludes halogenated alkanes) is 2. The van der Waals surface area contributed by atoms with Crippen molar-refractivity contribution in [1.82, 2.24) is 10.6 Å². The Labute approximate surface area is 97.1 Å². The molecule has 1 aliphatic carbocycles. The third kappa shape index (κ3) is 4.66. The van der Waals surface area contributed by atoms with Gasteiger partial charge in [0.1, 0.15) is 0 Å². The van der Waals surface area contributed by atoms with Gasteiger partial charge in [-0.05, 0) is 12.8 Å². The topological polar surface area (TPSA) is 61.4 Å². The van der Waals surface area contributed by atoms with E-state index in [1.54, 1.807) is 0 Å². The van der Waals surface area contributed by atoms with Gasteiger partial charge in [0.05, 0.1) is 0 Å². The van der Waals surface area contributed by atoms with E-state index < -0.39 is 0 Å². The predicted octanol–water partition coefficient (Wildman–Crippen LogP) is 1.41. The van der Waals surface area contributed by atoms with Crippen LogP contribution in [-0.4, -0.2) is 30.3 Å². The number of hydrogen-bond acceptors (Lipinski definition) is 2. The van der Waals surface area contributed by atoms with Crippen LogP contribution in [0.1, 0.15) is 32.6 Å². The highest BCUT2D eigenvalue weighted by Crippen LogP contribution is 2.16. The smallest absolute Gasteiger partial charge is 0.315 e. The van der Waals surface area contributed by atoms with E-state index in [2.05, 4.69) is 17.6 Å². The SMILES string of the molecule is CCCCCNC(=O)N[C@@H]1C=C[C@H](CO)C1. The number of aliphatic hydroxyl groups excluding tert-OH is 1. The molecule has 0 aromatic heterocycles. The maximum Gasteiger partial charge on any atom is 0.315 e. The summed E-state index contributed by atoms with van der Waals surface area (Å²) in [7, 11) is 0. The van der Waals surface area contributed by atoms with Gasteiger partial charge in [-0.15, -0.1) is 0 Å². The zero-order valence-electron chi connectivity index (χ0n) is 9.91. The van der Waals surface area contributed by atoms with Crippen LogP contribution in [0.15, 0.2) is 12.2 Å². The van der Waals surface area contributed by atoms with Gasteiger partial charge in [0, 0.05) is 25.1 Å². The Morgan fingerprint density at radius 1 is 1.44 bits per heavy atom. The summed E-state index contributed by atoms with van der Waals surface area (Å²) < 4.78 is 0. The summed E-state index contributed by atoms with van der Waals surface area (Å²) in [4.78, 5) is 11.4. The molecule has 4 nitrogen and oxygen atoms in total. The Bertz CT molecular complexity index is 241. The van der Waals surface area contributed by atoms with E-state index in [9.17, 15) is 4.79 Å². The van der Waals surface area contributed by atoms with Gasteiger partial charge in [0.2, 0.25) is 0 Å². The molecule has 1 rings (SSSR count). The molecule has 0 radical (unpaired) electrons. The zero-order chi connectivity index (χ0) is 11.8. The van der Waals surface area contributed by atoms with Gasteiger partial charge >= 0.3 is 6.03 Å². The van der Waals surface area contributed by atoms with Crippen LogP contribution >= 0.6 is 0 Å². The van der Waals surface area contributed by atoms with Crippen molar-refractivity contribution in [1.29, 1.82) is 0 Å². The summed E-state index contributed by atoms with van der Waals surface area (Å²) in [5.41, 5.74) is 0. The minimum Gasteiger partial charge on any atom is -0.396 e. The molecule has 2 atom stereocenters. The highest BCUT2D eigenvalue weighted by atomic mass is 16.3. The third-order valence-corrected chi connectivity index (χ3v) is 2.79. The van der Waals surface area contributed by atoms with Crippen molar-refractivity contribution in [2.24, 2.45) is 5.92 Å². The van der Waals surface area contributed by atoms with Crippen molar-refractivity contribution in [2.45, 2.75) is 38.6 Å². The lowest BCUT2D eigenvalue weighted by atomic mass is 10.1. The summed E-state index contributed by atoms with van der Waals surface area (Å²) >= 11 is 0. The largest absolute Gasteiger partial charge is 0.396 e. The van der Waals surface area contributed by atoms with E-state index in [0.717, 1.165) is 32.2 Å². The lowest BCUT2D eigenvalue weighted by Crippen LogP contribution is -2.41. The minimum atomic E-state index is -0.107. The van der Waals surface area contributed by atoms with Crippen LogP contribution in [-0.2, 0) is 0 Å². The normalized spacial score (nSPS) is 23.4. The highest BCUT2D eigenvalue weighted by Gasteiger charge is 2.19. The van der Waals surface area contributed by atoms with Gasteiger partial charge in [-0.1, -0.05) is 31.9 Å². The van der Waals surface area contributed by atoms with Crippen LogP contribution in [0, 0.1) is 5.92 Å². The van der Waals surface area contributed by atoms with Crippen LogP contribution in [0.25, 0.3) is 0 Å². The molecule has 16 heavy (non-hydrogen) atoms. The molecule has 3 N–H and O–H groups in total. The number of carbonyl (C=O) groups excluding carboxylic acids is 1. The molecule has 0 aliphatic heterocycles. The Balaban J connectivity index is 2.09. The quantitative estimate of drug-likeness (QED) is 0.474. The van der Waals surface area contributed by atoms with E-state index >= 15 is 0 Å². The number of amides is 2. The molecule has 0 aromatic carbocycles. The van der Waals surface area contributed by atoms with Crippen LogP contribution in [0.3, 0.4) is 0 Å². The van der Waals surface area contributed by atoms with E-state index in [4.69, 9.17) is 5.11 Å². The second kappa shape index (κ2) is 7.28. The summed E-state index contributed by atoms with van der Waals surface area (Å²) in [6, 6.07) is -0.0346. The second-order valence-electron chi connectivity index (χ2n) is 4.28. The Hall–Kier alpha value is -1.03. The van der Waals surface area contributed by atoms with Gasteiger partial charge in [-0.3, -0.25) is 0 Å². The maximum absolute atomic E-state index is 11.4. The van der Waals surface area contributed by atoms with E-state index in [0.29, 0.717) is 0 Å². The number of hydrogen-bond donors (Lipinski definition) is 3. The molecule has 0 aromatic rings. The highest BCUT2D eigenvalue weighted by molar-refractivity contribution is 5.74. The Morgan fingerprint density at radius 3 is 2.88 bits per heavy atom. The molecule has 2 amide bonds. The third-order valence-electron chi connectivity index (χ3n) is 2.79. The lowest BCUT2D eigenvalue weighted by Gasteiger charge is -2.13. The summed E-state index contributed by atoms with van der Waals surface area (Å²) in [6.45, 7) is 3.03. The first-order chi connectivity index (χ1) is 7.76. The van der Waals surface area contributed by atoms with Crippen LogP contribution in [0.5, 0.6) is 0 Å². The first kappa shape index (κ1) is 13.0. The monoisotopic (exact) mass is 226 g/mol. The molecule has 0 unspecified atom stereocenters. The minimum absolute atomic E-state index is 0.0725. The molecule has 0 bridgehead atoms. The van der Waals surface area contributed by atoms with Crippen LogP contribution in [0.2, 0.25) is 0 Å². The molecule has 0 saturated carbocycles. The van der Waals surface area contributed by atoms with Gasteiger partial charge in [0.15, 0.2) is 0 Å². The first-order valence-electron chi connectivity index (χ1n) is 6.09.